The highest BCUT2D eigenvalue weighted by Gasteiger charge is 2.58. The number of rotatable bonds is 2. The first kappa shape index (κ1) is 28.1. The molecule has 0 aromatic heterocycles. The van der Waals surface area contributed by atoms with E-state index >= 15 is 0 Å². The SMILES string of the molecule is COc1c(C)cc2c(c1O)C1NC(C2)C(C#N)N2C3COC(=O)C(N)CSC(c4c(OC(C)=O)c(C)c5c(c43)OCO5)C12. The number of nitrogens with one attached hydrogen (secondary N) is 1. The third-order valence-electron chi connectivity index (χ3n) is 9.18. The Balaban J connectivity index is 1.54. The minimum atomic E-state index is -0.889. The summed E-state index contributed by atoms with van der Waals surface area (Å²) in [5.41, 5.74) is 10.7. The number of nitrogens with zero attached hydrogens (tertiary/aromatic N) is 2. The van der Waals surface area contributed by atoms with Crippen molar-refractivity contribution in [2.75, 3.05) is 26.3 Å². The number of fused-ring (bicyclic) bond motifs is 9. The molecule has 0 spiro atoms. The van der Waals surface area contributed by atoms with E-state index in [1.54, 1.807) is 0 Å². The van der Waals surface area contributed by atoms with E-state index in [9.17, 15) is 20.0 Å². The van der Waals surface area contributed by atoms with Crippen LogP contribution < -0.4 is 30.0 Å². The van der Waals surface area contributed by atoms with Gasteiger partial charge in [0.2, 0.25) is 6.79 Å². The number of methoxy groups -OCH3 is 1. The molecule has 5 aliphatic heterocycles. The Morgan fingerprint density at radius 1 is 1.21 bits per heavy atom. The van der Waals surface area contributed by atoms with Crippen molar-refractivity contribution in [2.24, 2.45) is 5.73 Å². The maximum atomic E-state index is 12.9. The highest BCUT2D eigenvalue weighted by Crippen LogP contribution is 2.62. The van der Waals surface area contributed by atoms with E-state index in [4.69, 9.17) is 29.4 Å². The van der Waals surface area contributed by atoms with E-state index in [1.165, 1.54) is 25.8 Å². The number of carbonyl (C=O) groups is 2. The summed E-state index contributed by atoms with van der Waals surface area (Å²) in [5, 5.41) is 25.5. The molecule has 2 fully saturated rings. The Kier molecular flexibility index (Phi) is 6.66. The highest BCUT2D eigenvalue weighted by molar-refractivity contribution is 7.99. The normalized spacial score (nSPS) is 30.3. The number of ether oxygens (including phenoxy) is 5. The van der Waals surface area contributed by atoms with Crippen molar-refractivity contribution >= 4 is 23.7 Å². The van der Waals surface area contributed by atoms with Crippen LogP contribution in [0.2, 0.25) is 0 Å². The summed E-state index contributed by atoms with van der Waals surface area (Å²) >= 11 is 1.43. The molecule has 226 valence electrons. The summed E-state index contributed by atoms with van der Waals surface area (Å²) in [6.07, 6.45) is 0.498. The second-order valence-electron chi connectivity index (χ2n) is 11.6. The first-order chi connectivity index (χ1) is 20.7. The molecule has 5 heterocycles. The lowest BCUT2D eigenvalue weighted by molar-refractivity contribution is -0.148. The van der Waals surface area contributed by atoms with Crippen molar-refractivity contribution in [3.8, 4) is 34.8 Å². The van der Waals surface area contributed by atoms with Crippen molar-refractivity contribution in [1.29, 1.82) is 5.26 Å². The van der Waals surface area contributed by atoms with Crippen LogP contribution in [0.5, 0.6) is 28.7 Å². The van der Waals surface area contributed by atoms with Gasteiger partial charge in [0.15, 0.2) is 23.0 Å². The number of aromatic hydroxyl groups is 1. The lowest BCUT2D eigenvalue weighted by atomic mass is 9.72. The second kappa shape index (κ2) is 10.2. The number of nitrogens with two attached hydrogens (primary N) is 1. The molecule has 5 aliphatic rings. The Labute approximate surface area is 252 Å². The molecule has 4 N–H and O–H groups in total. The van der Waals surface area contributed by atoms with Gasteiger partial charge in [-0.1, -0.05) is 6.07 Å². The number of phenols is 1. The molecule has 2 aromatic rings. The fourth-order valence-corrected chi connectivity index (χ4v) is 9.03. The zero-order valence-corrected chi connectivity index (χ0v) is 24.9. The van der Waals surface area contributed by atoms with Crippen molar-refractivity contribution < 1.29 is 38.4 Å². The number of hydrogen-bond acceptors (Lipinski definition) is 13. The van der Waals surface area contributed by atoms with E-state index in [-0.39, 0.29) is 30.9 Å². The number of phenolic OH excluding ortho intramolecular Hbond substituents is 1. The number of thioether (sulfide) groups is 1. The number of esters is 2. The Morgan fingerprint density at radius 3 is 2.70 bits per heavy atom. The molecular weight excluding hydrogens is 576 g/mol. The largest absolute Gasteiger partial charge is 0.504 e. The summed E-state index contributed by atoms with van der Waals surface area (Å²) in [5.74, 6) is 0.898. The van der Waals surface area contributed by atoms with Gasteiger partial charge < -0.3 is 39.8 Å². The summed E-state index contributed by atoms with van der Waals surface area (Å²) in [6.45, 7) is 4.90. The van der Waals surface area contributed by atoms with E-state index in [1.807, 2.05) is 19.9 Å². The van der Waals surface area contributed by atoms with Crippen LogP contribution in [0.1, 0.15) is 57.6 Å². The van der Waals surface area contributed by atoms with Gasteiger partial charge in [-0.15, -0.1) is 11.8 Å². The quantitative estimate of drug-likeness (QED) is 0.336. The number of cyclic esters (lactones) is 1. The molecule has 7 rings (SSSR count). The van der Waals surface area contributed by atoms with Crippen LogP contribution in [-0.4, -0.2) is 72.4 Å². The average Bonchev–Trinajstić information content (AvgIpc) is 3.46. The third-order valence-corrected chi connectivity index (χ3v) is 10.6. The van der Waals surface area contributed by atoms with Crippen molar-refractivity contribution in [2.45, 2.75) is 68.7 Å². The van der Waals surface area contributed by atoms with Gasteiger partial charge in [-0.25, -0.2) is 0 Å². The maximum absolute atomic E-state index is 12.9. The van der Waals surface area contributed by atoms with Gasteiger partial charge in [0.05, 0.1) is 30.5 Å². The second-order valence-corrected chi connectivity index (χ2v) is 12.7. The lowest BCUT2D eigenvalue weighted by Crippen LogP contribution is -2.69. The van der Waals surface area contributed by atoms with Gasteiger partial charge in [0, 0.05) is 47.0 Å². The predicted octanol–water partition coefficient (Wildman–Crippen LogP) is 2.22. The van der Waals surface area contributed by atoms with Crippen LogP contribution in [-0.2, 0) is 20.7 Å². The Bertz CT molecular complexity index is 1610. The van der Waals surface area contributed by atoms with Gasteiger partial charge >= 0.3 is 11.9 Å². The first-order valence-corrected chi connectivity index (χ1v) is 15.2. The van der Waals surface area contributed by atoms with Gasteiger partial charge in [0.25, 0.3) is 0 Å². The van der Waals surface area contributed by atoms with Crippen molar-refractivity contribution in [3.63, 3.8) is 0 Å². The van der Waals surface area contributed by atoms with Crippen molar-refractivity contribution in [3.05, 3.63) is 39.4 Å². The van der Waals surface area contributed by atoms with E-state index in [0.29, 0.717) is 51.7 Å². The lowest BCUT2D eigenvalue weighted by Gasteiger charge is -2.59. The molecule has 2 saturated heterocycles. The van der Waals surface area contributed by atoms with Crippen LogP contribution in [0.3, 0.4) is 0 Å². The Morgan fingerprint density at radius 2 is 1.98 bits per heavy atom. The van der Waals surface area contributed by atoms with Crippen LogP contribution >= 0.6 is 11.8 Å². The average molecular weight is 609 g/mol. The number of benzene rings is 2. The minimum Gasteiger partial charge on any atom is -0.504 e. The van der Waals surface area contributed by atoms with Gasteiger partial charge in [0.1, 0.15) is 24.4 Å². The zero-order valence-electron chi connectivity index (χ0n) is 24.1. The van der Waals surface area contributed by atoms with Crippen molar-refractivity contribution in [1.82, 2.24) is 10.2 Å². The number of nitriles is 1. The maximum Gasteiger partial charge on any atom is 0.323 e. The fraction of sp³-hybridized carbons (Fsp3) is 0.500. The number of aryl methyl sites for hydroxylation is 1. The molecule has 12 nitrogen and oxygen atoms in total. The molecule has 4 bridgehead atoms. The molecule has 43 heavy (non-hydrogen) atoms. The van der Waals surface area contributed by atoms with Gasteiger partial charge in [-0.3, -0.25) is 14.5 Å². The molecule has 0 amide bonds. The third kappa shape index (κ3) is 4.00. The van der Waals surface area contributed by atoms with E-state index in [0.717, 1.165) is 11.1 Å². The standard InChI is InChI=1S/C30H32N4O8S/c1-11-5-14-6-16-17(7-31)34-18-8-39-30(37)15(32)9-43-29(23(34)22(33-16)19(14)24(36)25(11)38-4)21-20(18)28-27(40-10-41-28)12(2)26(21)42-13(3)35/h5,15-18,22-23,29,33,36H,6,8-10,32H2,1-4H3. The summed E-state index contributed by atoms with van der Waals surface area (Å²) < 4.78 is 29.2. The topological polar surface area (TPSA) is 166 Å². The first-order valence-electron chi connectivity index (χ1n) is 14.2. The molecule has 7 unspecified atom stereocenters. The predicted molar refractivity (Wildman–Crippen MR) is 153 cm³/mol. The molecule has 2 aromatic carbocycles. The zero-order chi connectivity index (χ0) is 30.3. The molecular formula is C30H32N4O8S. The summed E-state index contributed by atoms with van der Waals surface area (Å²) in [7, 11) is 1.52. The molecule has 13 heteroatoms. The number of piperazine rings is 1. The monoisotopic (exact) mass is 608 g/mol. The van der Waals surface area contributed by atoms with E-state index < -0.39 is 47.4 Å². The van der Waals surface area contributed by atoms with E-state index in [2.05, 4.69) is 16.3 Å². The highest BCUT2D eigenvalue weighted by atomic mass is 32.2. The minimum absolute atomic E-state index is 0.0281. The molecule has 0 aliphatic carbocycles. The van der Waals surface area contributed by atoms with Crippen LogP contribution in [0.4, 0.5) is 0 Å². The molecule has 0 saturated carbocycles. The van der Waals surface area contributed by atoms with Crippen LogP contribution in [0.15, 0.2) is 6.07 Å². The molecule has 7 atom stereocenters. The summed E-state index contributed by atoms with van der Waals surface area (Å²) in [4.78, 5) is 27.5. The van der Waals surface area contributed by atoms with Gasteiger partial charge in [-0.05, 0) is 31.4 Å². The fourth-order valence-electron chi connectivity index (χ4n) is 7.59. The number of hydrogen-bond donors (Lipinski definition) is 3. The summed E-state index contributed by atoms with van der Waals surface area (Å²) in [6, 6.07) is 1.16. The van der Waals surface area contributed by atoms with Crippen LogP contribution in [0, 0.1) is 25.2 Å². The van der Waals surface area contributed by atoms with Crippen LogP contribution in [0.25, 0.3) is 0 Å². The molecule has 0 radical (unpaired) electrons. The van der Waals surface area contributed by atoms with Gasteiger partial charge in [-0.2, -0.15) is 5.26 Å². The number of carbonyl (C=O) groups excluding carboxylic acids is 2. The Hall–Kier alpha value is -3.70. The smallest absolute Gasteiger partial charge is 0.323 e.